The number of nitrogens with zero attached hydrogens (tertiary/aromatic N) is 1. The topological polar surface area (TPSA) is 4.41 Å². The zero-order valence-electron chi connectivity index (χ0n) is 14.6. The molecule has 0 atom stereocenters. The third-order valence-corrected chi connectivity index (χ3v) is 5.30. The van der Waals surface area contributed by atoms with Gasteiger partial charge in [-0.2, -0.15) is 0 Å². The minimum absolute atomic E-state index is 0.111. The first-order chi connectivity index (χ1) is 11.5. The Labute approximate surface area is 141 Å². The Kier molecular flexibility index (Phi) is 2.48. The van der Waals surface area contributed by atoms with Gasteiger partial charge in [0.1, 0.15) is 0 Å². The van der Waals surface area contributed by atoms with E-state index in [-0.39, 0.29) is 5.41 Å². The molecule has 0 aliphatic carbocycles. The standard InChI is InChI=1S/C23H21N/c1-14-11-12-15-16-7-5-8-17-18-9-6-10-19(23(2,3)4)22(18)24(21(16)17)20(15)13-14/h5-13H,1-4H3. The van der Waals surface area contributed by atoms with Gasteiger partial charge in [0.2, 0.25) is 0 Å². The summed E-state index contributed by atoms with van der Waals surface area (Å²) in [5, 5.41) is 5.44. The SMILES string of the molecule is Cc1ccc2c3cccc4c5cccc(C(C)(C)C)c5n(c2c1)c34. The lowest BCUT2D eigenvalue weighted by Crippen LogP contribution is -2.12. The molecule has 0 bridgehead atoms. The van der Waals surface area contributed by atoms with Crippen LogP contribution >= 0.6 is 0 Å². The molecule has 2 heterocycles. The number of aryl methyl sites for hydroxylation is 1. The molecule has 0 unspecified atom stereocenters. The van der Waals surface area contributed by atoms with Crippen LogP contribution in [0.25, 0.3) is 38.1 Å². The van der Waals surface area contributed by atoms with E-state index in [1.807, 2.05) is 0 Å². The van der Waals surface area contributed by atoms with Crippen molar-refractivity contribution in [2.24, 2.45) is 0 Å². The quantitative estimate of drug-likeness (QED) is 0.310. The second-order valence-electron chi connectivity index (χ2n) is 8.01. The summed E-state index contributed by atoms with van der Waals surface area (Å²) in [6.45, 7) is 9.09. The molecule has 0 saturated heterocycles. The zero-order chi connectivity index (χ0) is 16.6. The van der Waals surface area contributed by atoms with Gasteiger partial charge in [-0.05, 0) is 29.5 Å². The van der Waals surface area contributed by atoms with Gasteiger partial charge in [-0.1, -0.05) is 69.3 Å². The molecular weight excluding hydrogens is 290 g/mol. The second-order valence-corrected chi connectivity index (χ2v) is 8.01. The Balaban J connectivity index is 2.20. The Morgan fingerprint density at radius 1 is 0.708 bits per heavy atom. The monoisotopic (exact) mass is 311 g/mol. The summed E-state index contributed by atoms with van der Waals surface area (Å²) in [5.41, 5.74) is 6.90. The summed E-state index contributed by atoms with van der Waals surface area (Å²) < 4.78 is 2.50. The van der Waals surface area contributed by atoms with Crippen molar-refractivity contribution in [3.05, 3.63) is 65.7 Å². The van der Waals surface area contributed by atoms with Gasteiger partial charge in [0.15, 0.2) is 0 Å². The van der Waals surface area contributed by atoms with Crippen LogP contribution in [-0.4, -0.2) is 4.40 Å². The van der Waals surface area contributed by atoms with Gasteiger partial charge in [0.25, 0.3) is 0 Å². The summed E-state index contributed by atoms with van der Waals surface area (Å²) >= 11 is 0. The lowest BCUT2D eigenvalue weighted by Gasteiger charge is -2.20. The number of aromatic nitrogens is 1. The van der Waals surface area contributed by atoms with Crippen molar-refractivity contribution in [1.82, 2.24) is 4.40 Å². The predicted octanol–water partition coefficient (Wildman–Crippen LogP) is 6.44. The largest absolute Gasteiger partial charge is 0.308 e. The first-order valence-corrected chi connectivity index (χ1v) is 8.65. The van der Waals surface area contributed by atoms with Gasteiger partial charge in [0.05, 0.1) is 16.6 Å². The molecule has 2 aromatic heterocycles. The van der Waals surface area contributed by atoms with Crippen molar-refractivity contribution >= 4 is 38.1 Å². The number of para-hydroxylation sites is 2. The molecule has 1 nitrogen and oxygen atoms in total. The average molecular weight is 311 g/mol. The highest BCUT2D eigenvalue weighted by atomic mass is 14.9. The third kappa shape index (κ3) is 1.60. The molecule has 5 rings (SSSR count). The van der Waals surface area contributed by atoms with Crippen LogP contribution in [0.3, 0.4) is 0 Å². The molecule has 3 aromatic carbocycles. The van der Waals surface area contributed by atoms with Crippen LogP contribution in [0.1, 0.15) is 31.9 Å². The molecular formula is C23H21N. The number of hydrogen-bond acceptors (Lipinski definition) is 0. The van der Waals surface area contributed by atoms with Crippen LogP contribution in [0.4, 0.5) is 0 Å². The highest BCUT2D eigenvalue weighted by Crippen LogP contribution is 2.42. The molecule has 0 aliphatic heterocycles. The van der Waals surface area contributed by atoms with Gasteiger partial charge in [-0.15, -0.1) is 0 Å². The normalized spacial score (nSPS) is 13.0. The van der Waals surface area contributed by atoms with Gasteiger partial charge >= 0.3 is 0 Å². The fraction of sp³-hybridized carbons (Fsp3) is 0.217. The van der Waals surface area contributed by atoms with Crippen LogP contribution in [-0.2, 0) is 5.41 Å². The van der Waals surface area contributed by atoms with Crippen molar-refractivity contribution in [1.29, 1.82) is 0 Å². The molecule has 0 N–H and O–H groups in total. The maximum absolute atomic E-state index is 2.50. The van der Waals surface area contributed by atoms with Crippen molar-refractivity contribution in [3.63, 3.8) is 0 Å². The summed E-state index contributed by atoms with van der Waals surface area (Å²) in [6, 6.07) is 20.3. The number of fused-ring (bicyclic) bond motifs is 6. The maximum Gasteiger partial charge on any atom is 0.0620 e. The Hall–Kier alpha value is -2.54. The van der Waals surface area contributed by atoms with Gasteiger partial charge < -0.3 is 4.40 Å². The summed E-state index contributed by atoms with van der Waals surface area (Å²) in [5.74, 6) is 0. The lowest BCUT2D eigenvalue weighted by atomic mass is 9.85. The van der Waals surface area contributed by atoms with E-state index < -0.39 is 0 Å². The van der Waals surface area contributed by atoms with E-state index in [1.54, 1.807) is 0 Å². The van der Waals surface area contributed by atoms with E-state index in [4.69, 9.17) is 0 Å². The molecule has 0 amide bonds. The van der Waals surface area contributed by atoms with Gasteiger partial charge in [-0.3, -0.25) is 0 Å². The smallest absolute Gasteiger partial charge is 0.0620 e. The van der Waals surface area contributed by atoms with E-state index in [0.717, 1.165) is 0 Å². The average Bonchev–Trinajstić information content (AvgIpc) is 3.04. The number of benzene rings is 3. The van der Waals surface area contributed by atoms with E-state index in [0.29, 0.717) is 0 Å². The predicted molar refractivity (Wildman–Crippen MR) is 105 cm³/mol. The van der Waals surface area contributed by atoms with E-state index in [1.165, 1.54) is 49.2 Å². The first-order valence-electron chi connectivity index (χ1n) is 8.65. The first kappa shape index (κ1) is 13.9. The molecule has 0 saturated carbocycles. The molecule has 0 aliphatic rings. The lowest BCUT2D eigenvalue weighted by molar-refractivity contribution is 0.594. The molecule has 0 radical (unpaired) electrons. The van der Waals surface area contributed by atoms with E-state index in [9.17, 15) is 0 Å². The molecule has 24 heavy (non-hydrogen) atoms. The van der Waals surface area contributed by atoms with Crippen molar-refractivity contribution in [2.75, 3.05) is 0 Å². The molecule has 1 heteroatoms. The third-order valence-electron chi connectivity index (χ3n) is 5.30. The number of hydrogen-bond donors (Lipinski definition) is 0. The second kappa shape index (κ2) is 4.30. The fourth-order valence-electron chi connectivity index (χ4n) is 4.23. The Bertz CT molecular complexity index is 1230. The van der Waals surface area contributed by atoms with Crippen LogP contribution in [0.15, 0.2) is 54.6 Å². The Morgan fingerprint density at radius 2 is 1.33 bits per heavy atom. The van der Waals surface area contributed by atoms with Crippen LogP contribution in [0, 0.1) is 6.92 Å². The van der Waals surface area contributed by atoms with Gasteiger partial charge in [-0.25, -0.2) is 0 Å². The van der Waals surface area contributed by atoms with Crippen LogP contribution in [0.2, 0.25) is 0 Å². The fourth-order valence-corrected chi connectivity index (χ4v) is 4.23. The minimum atomic E-state index is 0.111. The van der Waals surface area contributed by atoms with Gasteiger partial charge in [0, 0.05) is 21.5 Å². The van der Waals surface area contributed by atoms with E-state index in [2.05, 4.69) is 86.7 Å². The highest BCUT2D eigenvalue weighted by Gasteiger charge is 2.23. The van der Waals surface area contributed by atoms with E-state index >= 15 is 0 Å². The zero-order valence-corrected chi connectivity index (χ0v) is 14.6. The summed E-state index contributed by atoms with van der Waals surface area (Å²) in [4.78, 5) is 0. The Morgan fingerprint density at radius 3 is 2.04 bits per heavy atom. The number of rotatable bonds is 0. The molecule has 118 valence electrons. The van der Waals surface area contributed by atoms with Crippen LogP contribution < -0.4 is 0 Å². The highest BCUT2D eigenvalue weighted by molar-refractivity contribution is 6.23. The molecule has 0 fully saturated rings. The minimum Gasteiger partial charge on any atom is -0.308 e. The molecule has 5 aromatic rings. The van der Waals surface area contributed by atoms with Crippen LogP contribution in [0.5, 0.6) is 0 Å². The summed E-state index contributed by atoms with van der Waals surface area (Å²) in [6.07, 6.45) is 0. The maximum atomic E-state index is 2.50. The summed E-state index contributed by atoms with van der Waals surface area (Å²) in [7, 11) is 0. The van der Waals surface area contributed by atoms with Crippen molar-refractivity contribution in [2.45, 2.75) is 33.1 Å². The van der Waals surface area contributed by atoms with Crippen molar-refractivity contribution < 1.29 is 0 Å². The van der Waals surface area contributed by atoms with Crippen molar-refractivity contribution in [3.8, 4) is 0 Å². The molecule has 0 spiro atoms.